The highest BCUT2D eigenvalue weighted by molar-refractivity contribution is 9.10. The van der Waals surface area contributed by atoms with Gasteiger partial charge in [0, 0.05) is 21.8 Å². The number of aryl methyl sites for hydroxylation is 1. The summed E-state index contributed by atoms with van der Waals surface area (Å²) >= 11 is 3.40. The molecule has 5 heteroatoms. The molecule has 19 heavy (non-hydrogen) atoms. The van der Waals surface area contributed by atoms with Gasteiger partial charge in [-0.2, -0.15) is 4.98 Å². The van der Waals surface area contributed by atoms with Crippen LogP contribution in [-0.4, -0.2) is 17.1 Å². The lowest BCUT2D eigenvalue weighted by molar-refractivity contribution is 0.410. The molecule has 0 fully saturated rings. The number of rotatable bonds is 2. The molecule has 3 rings (SSSR count). The van der Waals surface area contributed by atoms with E-state index in [0.717, 1.165) is 15.7 Å². The van der Waals surface area contributed by atoms with Crippen LogP contribution in [0.3, 0.4) is 0 Å². The molecule has 0 saturated carbocycles. The van der Waals surface area contributed by atoms with Crippen LogP contribution in [0, 0.1) is 6.92 Å². The molecular weight excluding hydrogens is 308 g/mol. The van der Waals surface area contributed by atoms with E-state index in [4.69, 9.17) is 9.15 Å². The molecule has 0 aliphatic carbocycles. The summed E-state index contributed by atoms with van der Waals surface area (Å²) < 4.78 is 12.1. The molecule has 96 valence electrons. The number of oxazole rings is 1. The van der Waals surface area contributed by atoms with Gasteiger partial charge in [0.15, 0.2) is 5.75 Å². The summed E-state index contributed by atoms with van der Waals surface area (Å²) in [6.07, 6.45) is 0. The lowest BCUT2D eigenvalue weighted by Gasteiger charge is -1.99. The normalized spacial score (nSPS) is 10.9. The molecule has 0 saturated heterocycles. The summed E-state index contributed by atoms with van der Waals surface area (Å²) in [7, 11) is 1.61. The molecule has 0 bridgehead atoms. The molecule has 0 N–H and O–H groups in total. The van der Waals surface area contributed by atoms with Crippen molar-refractivity contribution in [3.8, 4) is 17.2 Å². The van der Waals surface area contributed by atoms with Gasteiger partial charge in [0.25, 0.3) is 0 Å². The van der Waals surface area contributed by atoms with Gasteiger partial charge in [0.2, 0.25) is 17.1 Å². The standard InChI is InChI=1S/C14H11BrN2O2/c1-8-7-11(18-2)12-13(16-8)17-14(19-12)9-3-5-10(15)6-4-9/h3-7H,1-2H3. The van der Waals surface area contributed by atoms with E-state index in [1.807, 2.05) is 37.3 Å². The largest absolute Gasteiger partial charge is 0.493 e. The average molecular weight is 319 g/mol. The number of hydrogen-bond donors (Lipinski definition) is 0. The van der Waals surface area contributed by atoms with Gasteiger partial charge < -0.3 is 9.15 Å². The summed E-state index contributed by atoms with van der Waals surface area (Å²) in [5.74, 6) is 1.19. The lowest BCUT2D eigenvalue weighted by Crippen LogP contribution is -1.88. The molecule has 4 nitrogen and oxygen atoms in total. The van der Waals surface area contributed by atoms with Crippen LogP contribution in [0.25, 0.3) is 22.7 Å². The second kappa shape index (κ2) is 4.66. The Morgan fingerprint density at radius 1 is 1.16 bits per heavy atom. The van der Waals surface area contributed by atoms with Crippen LogP contribution >= 0.6 is 15.9 Å². The van der Waals surface area contributed by atoms with Crippen molar-refractivity contribution in [2.75, 3.05) is 7.11 Å². The van der Waals surface area contributed by atoms with E-state index in [9.17, 15) is 0 Å². The molecule has 0 unspecified atom stereocenters. The average Bonchev–Trinajstić information content (AvgIpc) is 2.82. The predicted octanol–water partition coefficient (Wildman–Crippen LogP) is 3.97. The number of ether oxygens (including phenoxy) is 1. The predicted molar refractivity (Wildman–Crippen MR) is 76.2 cm³/mol. The Morgan fingerprint density at radius 3 is 2.58 bits per heavy atom. The molecular formula is C14H11BrN2O2. The number of aromatic nitrogens is 2. The zero-order valence-corrected chi connectivity index (χ0v) is 12.1. The van der Waals surface area contributed by atoms with Crippen molar-refractivity contribution in [1.29, 1.82) is 0 Å². The van der Waals surface area contributed by atoms with Gasteiger partial charge in [-0.15, -0.1) is 0 Å². The Balaban J connectivity index is 2.18. The highest BCUT2D eigenvalue weighted by Crippen LogP contribution is 2.30. The van der Waals surface area contributed by atoms with Crippen LogP contribution in [0.2, 0.25) is 0 Å². The summed E-state index contributed by atoms with van der Waals surface area (Å²) in [4.78, 5) is 8.76. The van der Waals surface area contributed by atoms with Gasteiger partial charge in [-0.3, -0.25) is 0 Å². The third-order valence-electron chi connectivity index (χ3n) is 2.77. The molecule has 0 atom stereocenters. The van der Waals surface area contributed by atoms with Crippen molar-refractivity contribution in [2.24, 2.45) is 0 Å². The van der Waals surface area contributed by atoms with Crippen LogP contribution in [0.1, 0.15) is 5.69 Å². The summed E-state index contributed by atoms with van der Waals surface area (Å²) in [6.45, 7) is 1.90. The van der Waals surface area contributed by atoms with Gasteiger partial charge in [0.05, 0.1) is 7.11 Å². The SMILES string of the molecule is COc1cc(C)nc2nc(-c3ccc(Br)cc3)oc12. The maximum Gasteiger partial charge on any atom is 0.229 e. The second-order valence-electron chi connectivity index (χ2n) is 4.14. The number of pyridine rings is 1. The van der Waals surface area contributed by atoms with Gasteiger partial charge in [-0.25, -0.2) is 4.98 Å². The minimum Gasteiger partial charge on any atom is -0.493 e. The highest BCUT2D eigenvalue weighted by atomic mass is 79.9. The fraction of sp³-hybridized carbons (Fsp3) is 0.143. The van der Waals surface area contributed by atoms with Gasteiger partial charge in [-0.1, -0.05) is 15.9 Å². The highest BCUT2D eigenvalue weighted by Gasteiger charge is 2.14. The number of fused-ring (bicyclic) bond motifs is 1. The minimum atomic E-state index is 0.541. The first-order valence-electron chi connectivity index (χ1n) is 5.75. The Labute approximate surface area is 118 Å². The Morgan fingerprint density at radius 2 is 1.89 bits per heavy atom. The summed E-state index contributed by atoms with van der Waals surface area (Å²) in [5, 5.41) is 0. The number of hydrogen-bond acceptors (Lipinski definition) is 4. The van der Waals surface area contributed by atoms with E-state index in [1.165, 1.54) is 0 Å². The second-order valence-corrected chi connectivity index (χ2v) is 5.06. The van der Waals surface area contributed by atoms with Crippen molar-refractivity contribution in [2.45, 2.75) is 6.92 Å². The van der Waals surface area contributed by atoms with E-state index in [1.54, 1.807) is 7.11 Å². The maximum absolute atomic E-state index is 5.76. The Bertz CT molecular complexity index is 735. The van der Waals surface area contributed by atoms with Crippen molar-refractivity contribution in [3.05, 3.63) is 40.5 Å². The van der Waals surface area contributed by atoms with Gasteiger partial charge in [-0.05, 0) is 31.2 Å². The zero-order chi connectivity index (χ0) is 13.4. The molecule has 0 aliphatic heterocycles. The first-order chi connectivity index (χ1) is 9.17. The summed E-state index contributed by atoms with van der Waals surface area (Å²) in [6, 6.07) is 9.60. The molecule has 0 aliphatic rings. The molecule has 0 amide bonds. The topological polar surface area (TPSA) is 48.2 Å². The van der Waals surface area contributed by atoms with Crippen LogP contribution in [0.15, 0.2) is 39.2 Å². The van der Waals surface area contributed by atoms with Crippen LogP contribution in [0.5, 0.6) is 5.75 Å². The van der Waals surface area contributed by atoms with Crippen molar-refractivity contribution in [1.82, 2.24) is 9.97 Å². The van der Waals surface area contributed by atoms with E-state index in [0.29, 0.717) is 22.9 Å². The van der Waals surface area contributed by atoms with E-state index in [-0.39, 0.29) is 0 Å². The monoisotopic (exact) mass is 318 g/mol. The molecule has 0 spiro atoms. The number of benzene rings is 1. The number of methoxy groups -OCH3 is 1. The zero-order valence-electron chi connectivity index (χ0n) is 10.5. The van der Waals surface area contributed by atoms with E-state index >= 15 is 0 Å². The Kier molecular flexibility index (Phi) is 2.98. The van der Waals surface area contributed by atoms with E-state index < -0.39 is 0 Å². The van der Waals surface area contributed by atoms with Crippen LogP contribution in [0.4, 0.5) is 0 Å². The van der Waals surface area contributed by atoms with Gasteiger partial charge in [0.1, 0.15) is 0 Å². The quantitative estimate of drug-likeness (QED) is 0.717. The fourth-order valence-electron chi connectivity index (χ4n) is 1.87. The van der Waals surface area contributed by atoms with Crippen molar-refractivity contribution >= 4 is 27.2 Å². The number of nitrogens with zero attached hydrogens (tertiary/aromatic N) is 2. The maximum atomic E-state index is 5.76. The van der Waals surface area contributed by atoms with Crippen molar-refractivity contribution in [3.63, 3.8) is 0 Å². The molecule has 0 radical (unpaired) electrons. The molecule has 2 heterocycles. The third kappa shape index (κ3) is 2.21. The lowest BCUT2D eigenvalue weighted by atomic mass is 10.2. The molecule has 3 aromatic rings. The first kappa shape index (κ1) is 12.2. The van der Waals surface area contributed by atoms with Crippen LogP contribution < -0.4 is 4.74 Å². The van der Waals surface area contributed by atoms with Gasteiger partial charge >= 0.3 is 0 Å². The third-order valence-corrected chi connectivity index (χ3v) is 3.30. The minimum absolute atomic E-state index is 0.541. The fourth-order valence-corrected chi connectivity index (χ4v) is 2.13. The smallest absolute Gasteiger partial charge is 0.229 e. The van der Waals surface area contributed by atoms with Crippen LogP contribution in [-0.2, 0) is 0 Å². The first-order valence-corrected chi connectivity index (χ1v) is 6.55. The summed E-state index contributed by atoms with van der Waals surface area (Å²) in [5.41, 5.74) is 2.89. The van der Waals surface area contributed by atoms with Crippen molar-refractivity contribution < 1.29 is 9.15 Å². The molecule has 2 aromatic heterocycles. The Hall–Kier alpha value is -1.88. The number of halogens is 1. The molecule has 1 aromatic carbocycles. The van der Waals surface area contributed by atoms with E-state index in [2.05, 4.69) is 25.9 Å².